The summed E-state index contributed by atoms with van der Waals surface area (Å²) >= 11 is 0.987. The van der Waals surface area contributed by atoms with E-state index in [0.717, 1.165) is 33.6 Å². The van der Waals surface area contributed by atoms with Crippen LogP contribution >= 0.6 is 11.3 Å². The fourth-order valence-electron chi connectivity index (χ4n) is 4.22. The van der Waals surface area contributed by atoms with Gasteiger partial charge in [-0.3, -0.25) is 0 Å². The predicted molar refractivity (Wildman–Crippen MR) is 131 cm³/mol. The molecule has 8 nitrogen and oxygen atoms in total. The summed E-state index contributed by atoms with van der Waals surface area (Å²) in [4.78, 5) is 28.7. The summed E-state index contributed by atoms with van der Waals surface area (Å²) < 4.78 is 10.5. The molecular weight excluding hydrogens is 468 g/mol. The number of amides is 1. The number of aliphatic hydroxyl groups excluding tert-OH is 2. The lowest BCUT2D eigenvalue weighted by Crippen LogP contribution is -2.30. The maximum atomic E-state index is 12.3. The maximum absolute atomic E-state index is 12.3. The fraction of sp³-hybridized carbons (Fsp3) is 0.346. The topological polar surface area (TPSA) is 118 Å². The van der Waals surface area contributed by atoms with E-state index >= 15 is 0 Å². The Hall–Kier alpha value is -3.27. The number of nitrogens with zero attached hydrogens (tertiary/aromatic N) is 1. The van der Waals surface area contributed by atoms with E-state index in [1.165, 1.54) is 0 Å². The minimum atomic E-state index is -1.29. The van der Waals surface area contributed by atoms with Crippen molar-refractivity contribution in [2.24, 2.45) is 0 Å². The van der Waals surface area contributed by atoms with Crippen LogP contribution in [0, 0.1) is 6.92 Å². The highest BCUT2D eigenvalue weighted by atomic mass is 32.1. The number of alkyl carbamates (subject to hydrolysis) is 1. The Labute approximate surface area is 207 Å². The van der Waals surface area contributed by atoms with E-state index < -0.39 is 24.3 Å². The van der Waals surface area contributed by atoms with Gasteiger partial charge in [0.05, 0.1) is 18.4 Å². The molecule has 2 aromatic carbocycles. The van der Waals surface area contributed by atoms with Gasteiger partial charge in [-0.05, 0) is 42.5 Å². The smallest absolute Gasteiger partial charge is 0.407 e. The van der Waals surface area contributed by atoms with Crippen LogP contribution in [-0.4, -0.2) is 53.1 Å². The number of aryl methyl sites for hydroxylation is 1. The highest BCUT2D eigenvalue weighted by Gasteiger charge is 2.29. The van der Waals surface area contributed by atoms with E-state index in [1.54, 1.807) is 13.8 Å². The molecule has 3 N–H and O–H groups in total. The number of rotatable bonds is 9. The molecule has 1 aliphatic rings. The van der Waals surface area contributed by atoms with Crippen molar-refractivity contribution in [3.8, 4) is 11.1 Å². The van der Waals surface area contributed by atoms with Crippen molar-refractivity contribution < 1.29 is 29.3 Å². The third-order valence-corrected chi connectivity index (χ3v) is 7.15. The molecule has 1 amide bonds. The largest absolute Gasteiger partial charge is 0.462 e. The zero-order chi connectivity index (χ0) is 24.9. The van der Waals surface area contributed by atoms with Crippen LogP contribution in [0.25, 0.3) is 11.1 Å². The van der Waals surface area contributed by atoms with Gasteiger partial charge in [0.1, 0.15) is 22.6 Å². The number of ether oxygens (including phenoxy) is 2. The van der Waals surface area contributed by atoms with Crippen molar-refractivity contribution in [1.82, 2.24) is 10.3 Å². The van der Waals surface area contributed by atoms with Crippen LogP contribution in [0.5, 0.6) is 0 Å². The van der Waals surface area contributed by atoms with E-state index in [2.05, 4.69) is 22.4 Å². The van der Waals surface area contributed by atoms with E-state index in [9.17, 15) is 19.8 Å². The quantitative estimate of drug-likeness (QED) is 0.384. The minimum absolute atomic E-state index is 0.0395. The van der Waals surface area contributed by atoms with Gasteiger partial charge in [-0.15, -0.1) is 11.3 Å². The number of aliphatic hydroxyl groups is 2. The summed E-state index contributed by atoms with van der Waals surface area (Å²) in [5, 5.41) is 23.6. The number of thiazole rings is 1. The number of hydrogen-bond acceptors (Lipinski definition) is 8. The highest BCUT2D eigenvalue weighted by molar-refractivity contribution is 7.13. The Morgan fingerprint density at radius 2 is 1.69 bits per heavy atom. The molecule has 0 saturated carbocycles. The molecule has 3 aromatic rings. The average Bonchev–Trinajstić information content (AvgIpc) is 3.40. The number of hydrogen-bond donors (Lipinski definition) is 3. The number of nitrogens with one attached hydrogen (secondary N) is 1. The van der Waals surface area contributed by atoms with Gasteiger partial charge in [0.25, 0.3) is 0 Å². The van der Waals surface area contributed by atoms with Gasteiger partial charge < -0.3 is 25.0 Å². The molecule has 0 spiro atoms. The summed E-state index contributed by atoms with van der Waals surface area (Å²) in [7, 11) is 0. The van der Waals surface area contributed by atoms with Crippen molar-refractivity contribution >= 4 is 23.4 Å². The molecular formula is C26H28N2O6S. The first-order valence-electron chi connectivity index (χ1n) is 11.5. The molecule has 9 heteroatoms. The minimum Gasteiger partial charge on any atom is -0.462 e. The molecule has 184 valence electrons. The first kappa shape index (κ1) is 24.8. The first-order chi connectivity index (χ1) is 16.9. The van der Waals surface area contributed by atoms with Crippen molar-refractivity contribution in [2.75, 3.05) is 19.8 Å². The Bertz CT molecular complexity index is 1160. The van der Waals surface area contributed by atoms with Gasteiger partial charge in [0.2, 0.25) is 0 Å². The molecule has 2 atom stereocenters. The number of carbonyl (C=O) groups excluding carboxylic acids is 2. The van der Waals surface area contributed by atoms with Gasteiger partial charge in [-0.2, -0.15) is 0 Å². The SMILES string of the molecule is CCOC(=O)c1sc(C(O)C(O)CCNC(=O)OCC2c3ccccc3-c3ccccc32)nc1C. The van der Waals surface area contributed by atoms with Gasteiger partial charge in [-0.1, -0.05) is 48.5 Å². The van der Waals surface area contributed by atoms with Crippen LogP contribution in [0.2, 0.25) is 0 Å². The maximum Gasteiger partial charge on any atom is 0.407 e. The summed E-state index contributed by atoms with van der Waals surface area (Å²) in [6, 6.07) is 16.2. The van der Waals surface area contributed by atoms with Crippen LogP contribution in [0.4, 0.5) is 4.79 Å². The molecule has 35 heavy (non-hydrogen) atoms. The Balaban J connectivity index is 1.27. The van der Waals surface area contributed by atoms with E-state index in [1.807, 2.05) is 36.4 Å². The molecule has 1 aliphatic carbocycles. The highest BCUT2D eigenvalue weighted by Crippen LogP contribution is 2.44. The standard InChI is InChI=1S/C26H28N2O6S/c1-3-33-25(31)23-15(2)28-24(35-23)22(30)21(29)12-13-27-26(32)34-14-20-18-10-6-4-8-16(18)17-9-5-7-11-19(17)20/h4-11,20-22,29-30H,3,12-14H2,1-2H3,(H,27,32). The Morgan fingerprint density at radius 3 is 2.31 bits per heavy atom. The summed E-state index contributed by atoms with van der Waals surface area (Å²) in [5.41, 5.74) is 4.99. The Morgan fingerprint density at radius 1 is 1.06 bits per heavy atom. The monoisotopic (exact) mass is 496 g/mol. The second kappa shape index (κ2) is 11.0. The van der Waals surface area contributed by atoms with Crippen LogP contribution in [0.15, 0.2) is 48.5 Å². The molecule has 2 unspecified atom stereocenters. The number of fused-ring (bicyclic) bond motifs is 3. The lowest BCUT2D eigenvalue weighted by Gasteiger charge is -2.17. The first-order valence-corrected chi connectivity index (χ1v) is 12.3. The molecule has 4 rings (SSSR count). The molecule has 0 aliphatic heterocycles. The fourth-order valence-corrected chi connectivity index (χ4v) is 5.23. The summed E-state index contributed by atoms with van der Waals surface area (Å²) in [5.74, 6) is -0.547. The van der Waals surface area contributed by atoms with E-state index in [0.29, 0.717) is 10.6 Å². The van der Waals surface area contributed by atoms with Crippen molar-refractivity contribution in [2.45, 2.75) is 38.4 Å². The van der Waals surface area contributed by atoms with Gasteiger partial charge in [0, 0.05) is 12.5 Å². The number of carbonyl (C=O) groups is 2. The van der Waals surface area contributed by atoms with E-state index in [4.69, 9.17) is 9.47 Å². The number of benzene rings is 2. The lowest BCUT2D eigenvalue weighted by atomic mass is 9.98. The van der Waals surface area contributed by atoms with Crippen molar-refractivity contribution in [1.29, 1.82) is 0 Å². The zero-order valence-electron chi connectivity index (χ0n) is 19.6. The van der Waals surface area contributed by atoms with E-state index in [-0.39, 0.29) is 37.1 Å². The van der Waals surface area contributed by atoms with Crippen molar-refractivity contribution in [3.05, 3.63) is 75.2 Å². The second-order valence-corrected chi connectivity index (χ2v) is 9.27. The molecule has 0 saturated heterocycles. The molecule has 0 fully saturated rings. The predicted octanol–water partition coefficient (Wildman–Crippen LogP) is 3.95. The van der Waals surface area contributed by atoms with Gasteiger partial charge >= 0.3 is 12.1 Å². The number of aromatic nitrogens is 1. The lowest BCUT2D eigenvalue weighted by molar-refractivity contribution is 0.0135. The second-order valence-electron chi connectivity index (χ2n) is 8.24. The zero-order valence-corrected chi connectivity index (χ0v) is 20.4. The third-order valence-electron chi connectivity index (χ3n) is 5.94. The molecule has 1 heterocycles. The molecule has 1 aromatic heterocycles. The van der Waals surface area contributed by atoms with Gasteiger partial charge in [0.15, 0.2) is 0 Å². The van der Waals surface area contributed by atoms with Crippen molar-refractivity contribution in [3.63, 3.8) is 0 Å². The molecule has 0 radical (unpaired) electrons. The van der Waals surface area contributed by atoms with Crippen LogP contribution in [0.3, 0.4) is 0 Å². The van der Waals surface area contributed by atoms with Crippen LogP contribution in [0.1, 0.15) is 56.9 Å². The normalized spacial score (nSPS) is 14.1. The molecule has 0 bridgehead atoms. The number of esters is 1. The van der Waals surface area contributed by atoms with Crippen LogP contribution in [-0.2, 0) is 9.47 Å². The summed E-state index contributed by atoms with van der Waals surface area (Å²) in [6.07, 6.45) is -2.97. The van der Waals surface area contributed by atoms with Crippen LogP contribution < -0.4 is 5.32 Å². The van der Waals surface area contributed by atoms with Gasteiger partial charge in [-0.25, -0.2) is 14.6 Å². The summed E-state index contributed by atoms with van der Waals surface area (Å²) in [6.45, 7) is 3.88. The average molecular weight is 497 g/mol. The third kappa shape index (κ3) is 5.37. The Kier molecular flexibility index (Phi) is 7.80.